The minimum Gasteiger partial charge on any atom is -0.425 e. The zero-order chi connectivity index (χ0) is 31.5. The molecule has 2 aliphatic heterocycles. The number of benzene rings is 4. The maximum absolute atomic E-state index is 13.3. The van der Waals surface area contributed by atoms with Crippen LogP contribution in [0.5, 0.6) is 0 Å². The molecule has 228 valence electrons. The lowest BCUT2D eigenvalue weighted by molar-refractivity contribution is 0.259. The van der Waals surface area contributed by atoms with Crippen LogP contribution in [0.25, 0.3) is 16.9 Å². The van der Waals surface area contributed by atoms with Gasteiger partial charge in [0.05, 0.1) is 23.8 Å². The Morgan fingerprint density at radius 1 is 0.591 bits per heavy atom. The highest BCUT2D eigenvalue weighted by atomic mass is 31.2. The van der Waals surface area contributed by atoms with E-state index in [0.29, 0.717) is 35.3 Å². The molecule has 4 aromatic carbocycles. The Bertz CT molecular complexity index is 1830. The van der Waals surface area contributed by atoms with E-state index in [1.807, 2.05) is 139 Å². The summed E-state index contributed by atoms with van der Waals surface area (Å²) in [5.41, 5.74) is 7.85. The summed E-state index contributed by atoms with van der Waals surface area (Å²) in [6.07, 6.45) is 0. The normalized spacial score (nSPS) is 20.5. The van der Waals surface area contributed by atoms with E-state index in [0.717, 1.165) is 44.5 Å². The zero-order valence-corrected chi connectivity index (χ0v) is 27.8. The molecule has 6 rings (SSSR count). The third-order valence-electron chi connectivity index (χ3n) is 7.43. The second-order valence-electron chi connectivity index (χ2n) is 10.7. The summed E-state index contributed by atoms with van der Waals surface area (Å²) in [6, 6.07) is 31.6. The molecule has 0 fully saturated rings. The minimum atomic E-state index is -3.35. The molecule has 0 aromatic heterocycles. The van der Waals surface area contributed by atoms with Crippen LogP contribution in [0.15, 0.2) is 103 Å². The average molecular weight is 629 g/mol. The van der Waals surface area contributed by atoms with Gasteiger partial charge in [-0.1, -0.05) is 96.1 Å². The maximum atomic E-state index is 13.3. The second kappa shape index (κ2) is 13.1. The lowest BCUT2D eigenvalue weighted by Crippen LogP contribution is -2.20. The fourth-order valence-electron chi connectivity index (χ4n) is 5.44. The lowest BCUT2D eigenvalue weighted by atomic mass is 9.96. The van der Waals surface area contributed by atoms with E-state index >= 15 is 0 Å². The van der Waals surface area contributed by atoms with Gasteiger partial charge in [-0.3, -0.25) is 9.05 Å². The first-order valence-electron chi connectivity index (χ1n) is 14.7. The van der Waals surface area contributed by atoms with Gasteiger partial charge in [-0.2, -0.15) is 0 Å². The standard InChI is InChI=1S/2C18H19O3P/c1-4-20-22(19)17-12-13(2)10-11-16(17)18(14(3)21-22)15-8-6-5-7-9-15;1-4-20-22(19)17-12-13(2)10-11-16(17)14(3)18(21-22)15-8-6-5-7-9-15/h2*5-12H,4H2,1-3H3. The third-order valence-corrected chi connectivity index (χ3v) is 11.5. The molecule has 0 radical (unpaired) electrons. The van der Waals surface area contributed by atoms with Crippen molar-refractivity contribution >= 4 is 42.7 Å². The fraction of sp³-hybridized carbons (Fsp3) is 0.222. The molecule has 0 bridgehead atoms. The van der Waals surface area contributed by atoms with E-state index in [2.05, 4.69) is 0 Å². The van der Waals surface area contributed by atoms with Crippen molar-refractivity contribution in [3.05, 3.63) is 136 Å². The first-order valence-corrected chi connectivity index (χ1v) is 17.8. The molecule has 44 heavy (non-hydrogen) atoms. The highest BCUT2D eigenvalue weighted by molar-refractivity contribution is 7.63. The van der Waals surface area contributed by atoms with Crippen LogP contribution in [-0.4, -0.2) is 13.2 Å². The van der Waals surface area contributed by atoms with Gasteiger partial charge in [-0.15, -0.1) is 0 Å². The van der Waals surface area contributed by atoms with Crippen molar-refractivity contribution in [3.8, 4) is 0 Å². The largest absolute Gasteiger partial charge is 0.425 e. The van der Waals surface area contributed by atoms with Crippen LogP contribution in [0.1, 0.15) is 61.1 Å². The van der Waals surface area contributed by atoms with Crippen LogP contribution in [0, 0.1) is 13.8 Å². The molecule has 0 spiro atoms. The van der Waals surface area contributed by atoms with Gasteiger partial charge in [0.15, 0.2) is 0 Å². The number of fused-ring (bicyclic) bond motifs is 2. The predicted molar refractivity (Wildman–Crippen MR) is 179 cm³/mol. The van der Waals surface area contributed by atoms with Gasteiger partial charge in [-0.05, 0) is 64.8 Å². The van der Waals surface area contributed by atoms with Gasteiger partial charge >= 0.3 is 15.2 Å². The monoisotopic (exact) mass is 628 g/mol. The molecule has 2 unspecified atom stereocenters. The van der Waals surface area contributed by atoms with E-state index in [1.165, 1.54) is 0 Å². The van der Waals surface area contributed by atoms with Crippen LogP contribution in [-0.2, 0) is 27.2 Å². The van der Waals surface area contributed by atoms with Crippen molar-refractivity contribution in [2.75, 3.05) is 13.2 Å². The lowest BCUT2D eigenvalue weighted by Gasteiger charge is -2.29. The maximum Gasteiger partial charge on any atom is 0.411 e. The Morgan fingerprint density at radius 2 is 1.07 bits per heavy atom. The summed E-state index contributed by atoms with van der Waals surface area (Å²) in [5.74, 6) is 1.27. The zero-order valence-electron chi connectivity index (χ0n) is 26.0. The summed E-state index contributed by atoms with van der Waals surface area (Å²) < 4.78 is 49.1. The Morgan fingerprint density at radius 3 is 1.61 bits per heavy atom. The molecule has 0 N–H and O–H groups in total. The summed E-state index contributed by atoms with van der Waals surface area (Å²) in [6.45, 7) is 12.1. The van der Waals surface area contributed by atoms with Gasteiger partial charge < -0.3 is 9.05 Å². The quantitative estimate of drug-likeness (QED) is 0.198. The Labute approximate surface area is 260 Å². The molecule has 4 aromatic rings. The van der Waals surface area contributed by atoms with Gasteiger partial charge in [0.2, 0.25) is 0 Å². The molecule has 8 heteroatoms. The van der Waals surface area contributed by atoms with E-state index in [-0.39, 0.29) is 0 Å². The van der Waals surface area contributed by atoms with Gasteiger partial charge in [0, 0.05) is 22.3 Å². The third kappa shape index (κ3) is 6.27. The first kappa shape index (κ1) is 31.8. The predicted octanol–water partition coefficient (Wildman–Crippen LogP) is 9.43. The van der Waals surface area contributed by atoms with E-state index in [9.17, 15) is 9.13 Å². The second-order valence-corrected chi connectivity index (χ2v) is 14.5. The SMILES string of the molecule is CCOP1(=O)OC(C)=C(c2ccccc2)c2ccc(C)cc21.CCOP1(=O)OC(c2ccccc2)=C(C)c2ccc(C)cc21. The van der Waals surface area contributed by atoms with Crippen molar-refractivity contribution in [1.82, 2.24) is 0 Å². The van der Waals surface area contributed by atoms with Crippen molar-refractivity contribution in [1.29, 1.82) is 0 Å². The van der Waals surface area contributed by atoms with Crippen molar-refractivity contribution in [2.45, 2.75) is 41.5 Å². The van der Waals surface area contributed by atoms with Gasteiger partial charge in [0.25, 0.3) is 0 Å². The Balaban J connectivity index is 0.000000175. The highest BCUT2D eigenvalue weighted by Crippen LogP contribution is 2.57. The summed E-state index contributed by atoms with van der Waals surface area (Å²) in [7, 11) is -6.65. The molecule has 0 saturated carbocycles. The van der Waals surface area contributed by atoms with Crippen molar-refractivity contribution < 1.29 is 27.2 Å². The first-order chi connectivity index (χ1) is 21.1. The molecule has 2 atom stereocenters. The smallest absolute Gasteiger partial charge is 0.411 e. The molecule has 0 amide bonds. The summed E-state index contributed by atoms with van der Waals surface area (Å²) >= 11 is 0. The van der Waals surface area contributed by atoms with E-state index < -0.39 is 15.2 Å². The Hall–Kier alpha value is -3.66. The van der Waals surface area contributed by atoms with Crippen LogP contribution >= 0.6 is 15.2 Å². The van der Waals surface area contributed by atoms with E-state index in [4.69, 9.17) is 18.1 Å². The number of aryl methyl sites for hydroxylation is 2. The minimum absolute atomic E-state index is 0.339. The van der Waals surface area contributed by atoms with Crippen LogP contribution in [0.3, 0.4) is 0 Å². The molecule has 0 saturated heterocycles. The van der Waals surface area contributed by atoms with Crippen LogP contribution < -0.4 is 10.6 Å². The summed E-state index contributed by atoms with van der Waals surface area (Å²) in [5, 5.41) is 1.31. The molecular formula is C36H38O6P2. The topological polar surface area (TPSA) is 71.1 Å². The molecule has 2 heterocycles. The average Bonchev–Trinajstić information content (AvgIpc) is 3.01. The fourth-order valence-corrected chi connectivity index (χ4v) is 9.38. The van der Waals surface area contributed by atoms with Crippen molar-refractivity contribution in [3.63, 3.8) is 0 Å². The number of hydrogen-bond acceptors (Lipinski definition) is 6. The molecule has 2 aliphatic rings. The van der Waals surface area contributed by atoms with Crippen LogP contribution in [0.2, 0.25) is 0 Å². The molecule has 6 nitrogen and oxygen atoms in total. The molecule has 0 aliphatic carbocycles. The number of hydrogen-bond donors (Lipinski definition) is 0. The van der Waals surface area contributed by atoms with E-state index in [1.54, 1.807) is 0 Å². The van der Waals surface area contributed by atoms with Crippen LogP contribution in [0.4, 0.5) is 0 Å². The number of rotatable bonds is 6. The Kier molecular flexibility index (Phi) is 9.48. The van der Waals surface area contributed by atoms with Gasteiger partial charge in [-0.25, -0.2) is 9.13 Å². The number of allylic oxidation sites excluding steroid dienone is 2. The molecular weight excluding hydrogens is 590 g/mol. The summed E-state index contributed by atoms with van der Waals surface area (Å²) in [4.78, 5) is 0. The van der Waals surface area contributed by atoms with Crippen molar-refractivity contribution in [2.24, 2.45) is 0 Å². The van der Waals surface area contributed by atoms with Gasteiger partial charge in [0.1, 0.15) is 11.5 Å². The highest BCUT2D eigenvalue weighted by Gasteiger charge is 2.39.